The predicted molar refractivity (Wildman–Crippen MR) is 184 cm³/mol. The van der Waals surface area contributed by atoms with Gasteiger partial charge >= 0.3 is 5.97 Å². The molecule has 258 valence electrons. The molecule has 2 heterocycles. The number of carboxylic acids is 1. The number of aromatic hydroxyl groups is 1. The lowest BCUT2D eigenvalue weighted by Crippen LogP contribution is -2.53. The zero-order valence-electron chi connectivity index (χ0n) is 27.5. The van der Waals surface area contributed by atoms with E-state index in [4.69, 9.17) is 21.4 Å². The van der Waals surface area contributed by atoms with Crippen LogP contribution < -0.4 is 9.64 Å². The van der Waals surface area contributed by atoms with Crippen LogP contribution in [0.1, 0.15) is 55.6 Å². The highest BCUT2D eigenvalue weighted by Gasteiger charge is 2.70. The number of hydrogen-bond acceptors (Lipinski definition) is 7. The Morgan fingerprint density at radius 1 is 0.920 bits per heavy atom. The Hall–Kier alpha value is -4.96. The Bertz CT molecular complexity index is 1930. The Morgan fingerprint density at radius 3 is 2.42 bits per heavy atom. The zero-order valence-corrected chi connectivity index (χ0v) is 28.2. The van der Waals surface area contributed by atoms with Gasteiger partial charge < -0.3 is 14.9 Å². The molecule has 2 aliphatic heterocycles. The zero-order chi connectivity index (χ0) is 35.3. The fourth-order valence-corrected chi connectivity index (χ4v) is 9.22. The molecule has 0 spiro atoms. The van der Waals surface area contributed by atoms with E-state index in [9.17, 15) is 24.3 Å². The number of phenolic OH excluding ortho intramolecular Hbond substituents is 1. The van der Waals surface area contributed by atoms with Crippen LogP contribution in [0.4, 0.5) is 5.69 Å². The normalized spacial score (nSPS) is 27.2. The topological polar surface area (TPSA) is 142 Å². The van der Waals surface area contributed by atoms with Gasteiger partial charge in [-0.2, -0.15) is 0 Å². The van der Waals surface area contributed by atoms with Crippen LogP contribution in [-0.2, 0) is 29.4 Å². The fourth-order valence-electron chi connectivity index (χ4n) is 9.04. The van der Waals surface area contributed by atoms with Gasteiger partial charge in [-0.25, -0.2) is 4.90 Å². The van der Waals surface area contributed by atoms with E-state index in [-0.39, 0.29) is 43.4 Å². The summed E-state index contributed by atoms with van der Waals surface area (Å²) in [5, 5.41) is 19.8. The van der Waals surface area contributed by atoms with Gasteiger partial charge in [-0.1, -0.05) is 72.1 Å². The van der Waals surface area contributed by atoms with E-state index in [1.165, 1.54) is 29.0 Å². The number of benzene rings is 3. The lowest BCUT2D eigenvalue weighted by atomic mass is 9.49. The number of unbranched alkanes of at least 4 members (excludes halogenated alkanes) is 2. The van der Waals surface area contributed by atoms with Crippen LogP contribution in [0, 0.1) is 23.7 Å². The highest BCUT2D eigenvalue weighted by atomic mass is 35.5. The monoisotopic (exact) mass is 696 g/mol. The molecule has 2 saturated heterocycles. The second kappa shape index (κ2) is 13.1. The molecule has 2 N–H and O–H groups in total. The number of nitrogens with zero attached hydrogens (tertiary/aromatic N) is 2. The molecular formula is C39H37ClN2O8. The van der Waals surface area contributed by atoms with Gasteiger partial charge in [0.25, 0.3) is 0 Å². The Morgan fingerprint density at radius 2 is 1.70 bits per heavy atom. The van der Waals surface area contributed by atoms with Crippen molar-refractivity contribution < 1.29 is 38.9 Å². The van der Waals surface area contributed by atoms with Crippen molar-refractivity contribution in [1.29, 1.82) is 0 Å². The summed E-state index contributed by atoms with van der Waals surface area (Å²) >= 11 is 6.37. The number of carbonyl (C=O) groups excluding carboxylic acids is 4. The first-order valence-electron chi connectivity index (χ1n) is 16.9. The predicted octanol–water partition coefficient (Wildman–Crippen LogP) is 5.86. The Balaban J connectivity index is 1.38. The number of fused-ring (bicyclic) bond motifs is 4. The maximum absolute atomic E-state index is 15.3. The first-order valence-corrected chi connectivity index (χ1v) is 17.3. The molecule has 0 bridgehead atoms. The summed E-state index contributed by atoms with van der Waals surface area (Å²) in [6, 6.07) is 20.5. The summed E-state index contributed by atoms with van der Waals surface area (Å²) in [5.41, 5.74) is 0.870. The maximum Gasteiger partial charge on any atom is 0.303 e. The van der Waals surface area contributed by atoms with Gasteiger partial charge in [0, 0.05) is 35.5 Å². The number of carbonyl (C=O) groups is 5. The van der Waals surface area contributed by atoms with Crippen molar-refractivity contribution in [2.75, 3.05) is 18.6 Å². The second-order valence-corrected chi connectivity index (χ2v) is 14.0. The van der Waals surface area contributed by atoms with Gasteiger partial charge in [0.15, 0.2) is 0 Å². The molecule has 0 radical (unpaired) electrons. The molecule has 4 aliphatic rings. The maximum atomic E-state index is 15.3. The third-order valence-electron chi connectivity index (χ3n) is 11.1. The number of carboxylic acid groups (broad SMARTS) is 1. The van der Waals surface area contributed by atoms with Gasteiger partial charge in [0.1, 0.15) is 11.5 Å². The van der Waals surface area contributed by atoms with E-state index in [1.807, 2.05) is 36.4 Å². The van der Waals surface area contributed by atoms with Crippen LogP contribution in [0.15, 0.2) is 84.4 Å². The lowest BCUT2D eigenvalue weighted by molar-refractivity contribution is -0.141. The average molecular weight is 697 g/mol. The summed E-state index contributed by atoms with van der Waals surface area (Å²) in [7, 11) is 1.48. The highest BCUT2D eigenvalue weighted by Crippen LogP contribution is 2.65. The van der Waals surface area contributed by atoms with E-state index in [0.717, 1.165) is 5.57 Å². The molecule has 0 unspecified atom stereocenters. The largest absolute Gasteiger partial charge is 0.508 e. The molecular weight excluding hydrogens is 660 g/mol. The van der Waals surface area contributed by atoms with Gasteiger partial charge in [0.2, 0.25) is 23.6 Å². The highest BCUT2D eigenvalue weighted by molar-refractivity contribution is 6.32. The second-order valence-electron chi connectivity index (χ2n) is 13.6. The third-order valence-corrected chi connectivity index (χ3v) is 11.3. The standard InChI is InChI=1S/C39H37ClN2O8/c1-50-31-20-25(43)14-15-27(31)34-26-16-17-28-33(37(48)41(35(28)46)18-7-3-6-13-32(44)45)29(26)21-30-36(47)42(24-12-8-11-23(40)19-24)38(49)39(30,34)22-9-4-2-5-10-22/h2,4-5,8-12,14-16,19-20,28-30,33-34,43H,3,6-7,13,17-18,21H2,1H3,(H,44,45)/t28-,29+,30-,33-,34+,39+/m0/s1. The first kappa shape index (κ1) is 33.5. The molecule has 50 heavy (non-hydrogen) atoms. The van der Waals surface area contributed by atoms with Crippen molar-refractivity contribution in [3.05, 3.63) is 101 Å². The van der Waals surface area contributed by atoms with Crippen molar-refractivity contribution in [1.82, 2.24) is 4.90 Å². The number of ether oxygens (including phenoxy) is 1. The van der Waals surface area contributed by atoms with E-state index in [0.29, 0.717) is 46.8 Å². The van der Waals surface area contributed by atoms with Crippen LogP contribution in [0.5, 0.6) is 11.5 Å². The molecule has 7 rings (SSSR count). The van der Waals surface area contributed by atoms with Crippen molar-refractivity contribution >= 4 is 46.9 Å². The van der Waals surface area contributed by atoms with Crippen LogP contribution in [0.25, 0.3) is 0 Å². The number of halogens is 1. The molecule has 11 heteroatoms. The first-order chi connectivity index (χ1) is 24.1. The van der Waals surface area contributed by atoms with E-state index < -0.39 is 52.8 Å². The van der Waals surface area contributed by atoms with Gasteiger partial charge in [-0.3, -0.25) is 28.9 Å². The van der Waals surface area contributed by atoms with Crippen LogP contribution >= 0.6 is 11.6 Å². The molecule has 0 aromatic heterocycles. The number of aliphatic carboxylic acids is 1. The van der Waals surface area contributed by atoms with Gasteiger partial charge in [-0.05, 0) is 61.4 Å². The van der Waals surface area contributed by atoms with Gasteiger partial charge in [-0.15, -0.1) is 0 Å². The van der Waals surface area contributed by atoms with Crippen molar-refractivity contribution in [2.45, 2.75) is 49.9 Å². The third kappa shape index (κ3) is 5.19. The van der Waals surface area contributed by atoms with Gasteiger partial charge in [0.05, 0.1) is 36.0 Å². The average Bonchev–Trinajstić information content (AvgIpc) is 3.49. The number of phenols is 1. The molecule has 10 nitrogen and oxygen atoms in total. The number of imide groups is 2. The summed E-state index contributed by atoms with van der Waals surface area (Å²) in [4.78, 5) is 71.6. The number of anilines is 1. The Labute approximate surface area is 294 Å². The minimum atomic E-state index is -1.46. The lowest BCUT2D eigenvalue weighted by Gasteiger charge is -2.51. The minimum absolute atomic E-state index is 0.0219. The summed E-state index contributed by atoms with van der Waals surface area (Å²) < 4.78 is 5.82. The molecule has 1 saturated carbocycles. The van der Waals surface area contributed by atoms with Crippen molar-refractivity contribution in [3.8, 4) is 11.5 Å². The van der Waals surface area contributed by atoms with E-state index in [1.54, 1.807) is 30.3 Å². The molecule has 4 amide bonds. The Kier molecular flexibility index (Phi) is 8.76. The van der Waals surface area contributed by atoms with E-state index in [2.05, 4.69) is 0 Å². The SMILES string of the molecule is COc1cc(O)ccc1[C@H]1C2=CC[C@@H]3C(=O)N(CCCCCC(=O)O)C(=O)[C@@H]3[C@@H]2C[C@H]2C(=O)N(c3cccc(Cl)c3)C(=O)[C@@]12c1ccccc1. The molecule has 3 fully saturated rings. The number of amides is 4. The number of methoxy groups -OCH3 is 1. The van der Waals surface area contributed by atoms with Crippen LogP contribution in [0.2, 0.25) is 5.02 Å². The van der Waals surface area contributed by atoms with Crippen molar-refractivity contribution in [3.63, 3.8) is 0 Å². The van der Waals surface area contributed by atoms with Crippen LogP contribution in [-0.4, -0.2) is 58.4 Å². The molecule has 3 aromatic rings. The van der Waals surface area contributed by atoms with Crippen molar-refractivity contribution in [2.24, 2.45) is 23.7 Å². The fraction of sp³-hybridized carbons (Fsp3) is 0.359. The number of rotatable bonds is 10. The van der Waals surface area contributed by atoms with E-state index >= 15 is 4.79 Å². The summed E-state index contributed by atoms with van der Waals surface area (Å²) in [6.07, 6.45) is 3.94. The summed E-state index contributed by atoms with van der Waals surface area (Å²) in [6.45, 7) is 0.193. The molecule has 3 aromatic carbocycles. The van der Waals surface area contributed by atoms with Crippen LogP contribution in [0.3, 0.4) is 0 Å². The minimum Gasteiger partial charge on any atom is -0.508 e. The summed E-state index contributed by atoms with van der Waals surface area (Å²) in [5.74, 6) is -5.62. The number of likely N-dealkylation sites (tertiary alicyclic amines) is 1. The number of hydrogen-bond donors (Lipinski definition) is 2. The quantitative estimate of drug-likeness (QED) is 0.153. The molecule has 2 aliphatic carbocycles. The number of allylic oxidation sites excluding steroid dienone is 2. The molecule has 6 atom stereocenters. The smallest absolute Gasteiger partial charge is 0.303 e.